The zero-order chi connectivity index (χ0) is 19.6. The summed E-state index contributed by atoms with van der Waals surface area (Å²) >= 11 is 19.5. The van der Waals surface area contributed by atoms with E-state index in [9.17, 15) is 4.79 Å². The first kappa shape index (κ1) is 20.0. The number of nitrogens with one attached hydrogen (secondary N) is 1. The number of carbonyl (C=O) groups is 1. The Balaban J connectivity index is 1.69. The minimum Gasteiger partial charge on any atom is -0.325 e. The van der Waals surface area contributed by atoms with E-state index in [4.69, 9.17) is 34.8 Å². The van der Waals surface area contributed by atoms with Gasteiger partial charge in [-0.3, -0.25) is 4.79 Å². The second-order valence-corrected chi connectivity index (χ2v) is 7.93. The van der Waals surface area contributed by atoms with Crippen molar-refractivity contribution in [1.29, 1.82) is 0 Å². The van der Waals surface area contributed by atoms with Crippen LogP contribution in [0.1, 0.15) is 5.56 Å². The number of rotatable bonds is 5. The van der Waals surface area contributed by atoms with Gasteiger partial charge in [0.1, 0.15) is 0 Å². The van der Waals surface area contributed by atoms with Gasteiger partial charge in [-0.1, -0.05) is 52.6 Å². The third-order valence-corrected chi connectivity index (χ3v) is 5.86. The maximum absolute atomic E-state index is 12.3. The third kappa shape index (κ3) is 4.58. The van der Waals surface area contributed by atoms with E-state index in [-0.39, 0.29) is 11.7 Å². The number of hydrogen-bond donors (Lipinski definition) is 1. The molecule has 0 unspecified atom stereocenters. The first-order chi connectivity index (χ1) is 12.9. The smallest absolute Gasteiger partial charge is 0.234 e. The van der Waals surface area contributed by atoms with Crippen LogP contribution in [-0.2, 0) is 11.8 Å². The number of carbonyl (C=O) groups excluding carboxylic acids is 1. The van der Waals surface area contributed by atoms with Crippen LogP contribution < -0.4 is 5.32 Å². The lowest BCUT2D eigenvalue weighted by atomic mass is 10.2. The Labute approximate surface area is 176 Å². The second-order valence-electron chi connectivity index (χ2n) is 5.74. The SMILES string of the molecule is Cc1c(Cl)cccc1NC(=O)CSc1nnc(-c2ccc(Cl)cc2Cl)n1C. The van der Waals surface area contributed by atoms with Gasteiger partial charge in [-0.2, -0.15) is 0 Å². The van der Waals surface area contributed by atoms with E-state index >= 15 is 0 Å². The molecule has 0 fully saturated rings. The van der Waals surface area contributed by atoms with E-state index in [1.807, 2.05) is 20.0 Å². The summed E-state index contributed by atoms with van der Waals surface area (Å²) in [5, 5.41) is 13.4. The fourth-order valence-corrected chi connectivity index (χ4v) is 3.78. The van der Waals surface area contributed by atoms with Gasteiger partial charge in [-0.15, -0.1) is 10.2 Å². The van der Waals surface area contributed by atoms with E-state index < -0.39 is 0 Å². The van der Waals surface area contributed by atoms with Gasteiger partial charge in [0.25, 0.3) is 0 Å². The summed E-state index contributed by atoms with van der Waals surface area (Å²) in [5.74, 6) is 0.636. The van der Waals surface area contributed by atoms with Crippen LogP contribution in [0, 0.1) is 6.92 Å². The maximum Gasteiger partial charge on any atom is 0.234 e. The molecule has 1 heterocycles. The number of amides is 1. The summed E-state index contributed by atoms with van der Waals surface area (Å²) in [7, 11) is 1.82. The van der Waals surface area contributed by atoms with Crippen molar-refractivity contribution in [2.75, 3.05) is 11.1 Å². The van der Waals surface area contributed by atoms with E-state index in [2.05, 4.69) is 15.5 Å². The number of hydrogen-bond acceptors (Lipinski definition) is 4. The molecule has 0 spiro atoms. The fourth-order valence-electron chi connectivity index (χ4n) is 2.41. The molecule has 1 aromatic heterocycles. The highest BCUT2D eigenvalue weighted by Crippen LogP contribution is 2.31. The number of benzene rings is 2. The average Bonchev–Trinajstić information content (AvgIpc) is 2.98. The third-order valence-electron chi connectivity index (χ3n) is 3.88. The Kier molecular flexibility index (Phi) is 6.32. The zero-order valence-corrected chi connectivity index (χ0v) is 17.5. The van der Waals surface area contributed by atoms with Crippen LogP contribution in [0.4, 0.5) is 5.69 Å². The molecule has 0 atom stereocenters. The summed E-state index contributed by atoms with van der Waals surface area (Å²) in [4.78, 5) is 12.3. The summed E-state index contributed by atoms with van der Waals surface area (Å²) in [6.45, 7) is 1.86. The summed E-state index contributed by atoms with van der Waals surface area (Å²) in [6.07, 6.45) is 0. The minimum absolute atomic E-state index is 0.153. The van der Waals surface area contributed by atoms with E-state index in [1.165, 1.54) is 11.8 Å². The van der Waals surface area contributed by atoms with E-state index in [0.717, 1.165) is 11.1 Å². The number of thioether (sulfide) groups is 1. The molecule has 0 aliphatic heterocycles. The molecular weight excluding hydrogens is 427 g/mol. The molecule has 2 aromatic carbocycles. The molecule has 0 saturated carbocycles. The number of halogens is 3. The van der Waals surface area contributed by atoms with Gasteiger partial charge in [-0.25, -0.2) is 0 Å². The first-order valence-corrected chi connectivity index (χ1v) is 10.0. The van der Waals surface area contributed by atoms with Crippen LogP contribution in [0.15, 0.2) is 41.6 Å². The summed E-state index contributed by atoms with van der Waals surface area (Å²) < 4.78 is 1.79. The molecule has 140 valence electrons. The largest absolute Gasteiger partial charge is 0.325 e. The molecule has 5 nitrogen and oxygen atoms in total. The predicted molar refractivity (Wildman–Crippen MR) is 112 cm³/mol. The second kappa shape index (κ2) is 8.52. The Bertz CT molecular complexity index is 1010. The first-order valence-electron chi connectivity index (χ1n) is 7.89. The highest BCUT2D eigenvalue weighted by molar-refractivity contribution is 7.99. The highest BCUT2D eigenvalue weighted by atomic mass is 35.5. The number of anilines is 1. The van der Waals surface area contributed by atoms with Crippen LogP contribution in [0.2, 0.25) is 15.1 Å². The van der Waals surface area contributed by atoms with Gasteiger partial charge >= 0.3 is 0 Å². The molecular formula is C18H15Cl3N4OS. The average molecular weight is 442 g/mol. The lowest BCUT2D eigenvalue weighted by Crippen LogP contribution is -2.15. The van der Waals surface area contributed by atoms with Crippen molar-refractivity contribution in [2.45, 2.75) is 12.1 Å². The van der Waals surface area contributed by atoms with E-state index in [1.54, 1.807) is 34.9 Å². The molecule has 1 N–H and O–H groups in total. The van der Waals surface area contributed by atoms with Crippen LogP contribution >= 0.6 is 46.6 Å². The zero-order valence-electron chi connectivity index (χ0n) is 14.5. The predicted octanol–water partition coefficient (Wildman–Crippen LogP) is 5.48. The van der Waals surface area contributed by atoms with Crippen molar-refractivity contribution in [3.63, 3.8) is 0 Å². The van der Waals surface area contributed by atoms with Gasteiger partial charge < -0.3 is 9.88 Å². The topological polar surface area (TPSA) is 59.8 Å². The molecule has 0 saturated heterocycles. The highest BCUT2D eigenvalue weighted by Gasteiger charge is 2.16. The molecule has 3 aromatic rings. The van der Waals surface area contributed by atoms with Gasteiger partial charge in [0.2, 0.25) is 5.91 Å². The lowest BCUT2D eigenvalue weighted by Gasteiger charge is -2.09. The van der Waals surface area contributed by atoms with Gasteiger partial charge in [0, 0.05) is 28.3 Å². The normalized spacial score (nSPS) is 10.9. The Morgan fingerprint density at radius 2 is 1.93 bits per heavy atom. The molecule has 3 rings (SSSR count). The molecule has 0 aliphatic carbocycles. The standard InChI is InChI=1S/C18H15Cl3N4OS/c1-10-13(20)4-3-5-15(10)22-16(26)9-27-18-24-23-17(25(18)2)12-7-6-11(19)8-14(12)21/h3-8H,9H2,1-2H3,(H,22,26). The summed E-state index contributed by atoms with van der Waals surface area (Å²) in [6, 6.07) is 10.6. The quantitative estimate of drug-likeness (QED) is 0.532. The van der Waals surface area contributed by atoms with Crippen molar-refractivity contribution in [3.8, 4) is 11.4 Å². The van der Waals surface area contributed by atoms with Gasteiger partial charge in [-0.05, 0) is 42.8 Å². The van der Waals surface area contributed by atoms with Crippen molar-refractivity contribution >= 4 is 58.2 Å². The Hall–Kier alpha value is -1.73. The lowest BCUT2D eigenvalue weighted by molar-refractivity contribution is -0.113. The van der Waals surface area contributed by atoms with Crippen molar-refractivity contribution in [2.24, 2.45) is 7.05 Å². The molecule has 0 aliphatic rings. The fraction of sp³-hybridized carbons (Fsp3) is 0.167. The van der Waals surface area contributed by atoms with Gasteiger partial charge in [0.15, 0.2) is 11.0 Å². The van der Waals surface area contributed by atoms with Crippen LogP contribution in [0.5, 0.6) is 0 Å². The molecule has 0 radical (unpaired) electrons. The Morgan fingerprint density at radius 3 is 2.67 bits per heavy atom. The molecule has 0 bridgehead atoms. The maximum atomic E-state index is 12.3. The van der Waals surface area contributed by atoms with Crippen LogP contribution in [-0.4, -0.2) is 26.4 Å². The number of aromatic nitrogens is 3. The minimum atomic E-state index is -0.153. The number of nitrogens with zero attached hydrogens (tertiary/aromatic N) is 3. The monoisotopic (exact) mass is 440 g/mol. The van der Waals surface area contributed by atoms with Crippen molar-refractivity contribution in [3.05, 3.63) is 57.0 Å². The van der Waals surface area contributed by atoms with Crippen molar-refractivity contribution < 1.29 is 4.79 Å². The molecule has 9 heteroatoms. The molecule has 1 amide bonds. The molecule has 27 heavy (non-hydrogen) atoms. The van der Waals surface area contributed by atoms with Crippen LogP contribution in [0.25, 0.3) is 11.4 Å². The Morgan fingerprint density at radius 1 is 1.15 bits per heavy atom. The van der Waals surface area contributed by atoms with Gasteiger partial charge in [0.05, 0.1) is 10.8 Å². The van der Waals surface area contributed by atoms with E-state index in [0.29, 0.717) is 31.7 Å². The van der Waals surface area contributed by atoms with Crippen LogP contribution in [0.3, 0.4) is 0 Å². The van der Waals surface area contributed by atoms with Crippen molar-refractivity contribution in [1.82, 2.24) is 14.8 Å². The summed E-state index contributed by atoms with van der Waals surface area (Å²) in [5.41, 5.74) is 2.25.